The number of ketones is 1. The topological polar surface area (TPSA) is 95.1 Å². The van der Waals surface area contributed by atoms with E-state index < -0.39 is 6.09 Å². The summed E-state index contributed by atoms with van der Waals surface area (Å²) in [7, 11) is 0. The van der Waals surface area contributed by atoms with E-state index in [4.69, 9.17) is 9.47 Å². The first-order chi connectivity index (χ1) is 16.5. The second-order valence-corrected chi connectivity index (χ2v) is 8.54. The standard InChI is InChI=1S/C26H27N3O5/c1-2-13-33-22-8-7-19-24(30)23(14-17-15-27-21-6-4-3-5-18(17)21)34-25(19)20(22)16-28-9-11-29(12-10-28)26(31)32/h3-8,14-15,27H,2,9-13,16H2,1H3,(H,31,32). The summed E-state index contributed by atoms with van der Waals surface area (Å²) < 4.78 is 12.2. The van der Waals surface area contributed by atoms with Crippen molar-refractivity contribution in [2.75, 3.05) is 32.8 Å². The van der Waals surface area contributed by atoms with Gasteiger partial charge >= 0.3 is 6.09 Å². The molecule has 1 saturated heterocycles. The monoisotopic (exact) mass is 461 g/mol. The van der Waals surface area contributed by atoms with E-state index in [-0.39, 0.29) is 11.5 Å². The number of rotatable bonds is 6. The third kappa shape index (κ3) is 4.12. The van der Waals surface area contributed by atoms with Crippen molar-refractivity contribution in [3.63, 3.8) is 0 Å². The Hall–Kier alpha value is -3.78. The van der Waals surface area contributed by atoms with Crippen molar-refractivity contribution in [3.05, 3.63) is 65.0 Å². The number of carbonyl (C=O) groups excluding carboxylic acids is 1. The van der Waals surface area contributed by atoms with Crippen molar-refractivity contribution in [2.24, 2.45) is 0 Å². The van der Waals surface area contributed by atoms with Gasteiger partial charge in [0.2, 0.25) is 5.78 Å². The van der Waals surface area contributed by atoms with Crippen molar-refractivity contribution < 1.29 is 24.2 Å². The minimum Gasteiger partial charge on any atom is -0.493 e. The van der Waals surface area contributed by atoms with Crippen LogP contribution >= 0.6 is 0 Å². The van der Waals surface area contributed by atoms with Crippen molar-refractivity contribution >= 4 is 28.9 Å². The van der Waals surface area contributed by atoms with Crippen molar-refractivity contribution in [1.82, 2.24) is 14.8 Å². The van der Waals surface area contributed by atoms with Crippen LogP contribution in [0.2, 0.25) is 0 Å². The molecule has 2 N–H and O–H groups in total. The fourth-order valence-corrected chi connectivity index (χ4v) is 4.46. The lowest BCUT2D eigenvalue weighted by Gasteiger charge is -2.33. The number of nitrogens with one attached hydrogen (secondary N) is 1. The average Bonchev–Trinajstić information content (AvgIpc) is 3.40. The summed E-state index contributed by atoms with van der Waals surface area (Å²) in [5.41, 5.74) is 3.23. The number of hydrogen-bond acceptors (Lipinski definition) is 5. The molecule has 1 fully saturated rings. The molecule has 2 aromatic carbocycles. The fraction of sp³-hybridized carbons (Fsp3) is 0.308. The van der Waals surface area contributed by atoms with Gasteiger partial charge in [0.05, 0.1) is 17.7 Å². The molecule has 0 saturated carbocycles. The molecule has 8 heteroatoms. The van der Waals surface area contributed by atoms with Crippen LogP contribution in [0.5, 0.6) is 11.5 Å². The van der Waals surface area contributed by atoms with Crippen molar-refractivity contribution in [1.29, 1.82) is 0 Å². The highest BCUT2D eigenvalue weighted by molar-refractivity contribution is 6.15. The summed E-state index contributed by atoms with van der Waals surface area (Å²) in [5, 5.41) is 10.3. The van der Waals surface area contributed by atoms with Crippen LogP contribution in [0.3, 0.4) is 0 Å². The molecule has 1 amide bonds. The van der Waals surface area contributed by atoms with Gasteiger partial charge in [-0.25, -0.2) is 4.79 Å². The molecule has 5 rings (SSSR count). The third-order valence-electron chi connectivity index (χ3n) is 6.29. The molecule has 0 unspecified atom stereocenters. The van der Waals surface area contributed by atoms with E-state index in [1.807, 2.05) is 43.5 Å². The van der Waals surface area contributed by atoms with E-state index in [1.54, 1.807) is 12.1 Å². The van der Waals surface area contributed by atoms with Gasteiger partial charge in [-0.1, -0.05) is 25.1 Å². The molecule has 1 aromatic heterocycles. The summed E-state index contributed by atoms with van der Waals surface area (Å²) in [6.07, 6.45) is 3.62. The number of amides is 1. The molecule has 0 atom stereocenters. The molecule has 0 radical (unpaired) electrons. The number of aromatic amines is 1. The highest BCUT2D eigenvalue weighted by Crippen LogP contribution is 2.41. The molecule has 8 nitrogen and oxygen atoms in total. The van der Waals surface area contributed by atoms with Gasteiger partial charge in [-0.3, -0.25) is 9.69 Å². The van der Waals surface area contributed by atoms with E-state index in [0.717, 1.165) is 28.5 Å². The second kappa shape index (κ2) is 9.23. The van der Waals surface area contributed by atoms with E-state index in [1.165, 1.54) is 4.90 Å². The zero-order valence-corrected chi connectivity index (χ0v) is 19.0. The molecule has 0 spiro atoms. The van der Waals surface area contributed by atoms with Gasteiger partial charge in [-0.05, 0) is 30.7 Å². The number of ether oxygens (including phenoxy) is 2. The number of carboxylic acid groups (broad SMARTS) is 1. The quantitative estimate of drug-likeness (QED) is 0.530. The van der Waals surface area contributed by atoms with Crippen LogP contribution in [0.15, 0.2) is 48.4 Å². The zero-order valence-electron chi connectivity index (χ0n) is 19.0. The first-order valence-electron chi connectivity index (χ1n) is 11.5. The van der Waals surface area contributed by atoms with Crippen LogP contribution in [0.25, 0.3) is 17.0 Å². The van der Waals surface area contributed by atoms with Gasteiger partial charge in [0.1, 0.15) is 11.5 Å². The number of aromatic nitrogens is 1. The SMILES string of the molecule is CCCOc1ccc2c(c1CN1CCN(C(=O)O)CC1)OC(=Cc1c[nH]c3ccccc13)C2=O. The molecular weight excluding hydrogens is 434 g/mol. The maximum atomic E-state index is 13.2. The van der Waals surface area contributed by atoms with Gasteiger partial charge in [0.15, 0.2) is 5.76 Å². The number of Topliss-reactive ketones (excluding diaryl/α,β-unsaturated/α-hetero) is 1. The van der Waals surface area contributed by atoms with Crippen LogP contribution < -0.4 is 9.47 Å². The maximum absolute atomic E-state index is 13.2. The summed E-state index contributed by atoms with van der Waals surface area (Å²) in [5.74, 6) is 1.36. The van der Waals surface area contributed by atoms with Crippen molar-refractivity contribution in [3.8, 4) is 11.5 Å². The Balaban J connectivity index is 1.45. The molecule has 3 heterocycles. The Kier molecular flexibility index (Phi) is 5.98. The summed E-state index contributed by atoms with van der Waals surface area (Å²) in [4.78, 5) is 31.3. The lowest BCUT2D eigenvalue weighted by Crippen LogP contribution is -2.47. The summed E-state index contributed by atoms with van der Waals surface area (Å²) in [6.45, 7) is 5.22. The molecule has 2 aliphatic heterocycles. The molecule has 34 heavy (non-hydrogen) atoms. The first-order valence-corrected chi connectivity index (χ1v) is 11.5. The number of benzene rings is 2. The lowest BCUT2D eigenvalue weighted by molar-refractivity contribution is 0.101. The van der Waals surface area contributed by atoms with Crippen LogP contribution in [0.1, 0.15) is 34.8 Å². The fourth-order valence-electron chi connectivity index (χ4n) is 4.46. The molecular formula is C26H27N3O5. The predicted octanol–water partition coefficient (Wildman–Crippen LogP) is 4.37. The number of allylic oxidation sites excluding steroid dienone is 1. The summed E-state index contributed by atoms with van der Waals surface area (Å²) >= 11 is 0. The Morgan fingerprint density at radius 1 is 1.18 bits per heavy atom. The van der Waals surface area contributed by atoms with Crippen LogP contribution in [-0.2, 0) is 6.54 Å². The van der Waals surface area contributed by atoms with E-state index in [0.29, 0.717) is 56.4 Å². The Morgan fingerprint density at radius 2 is 1.97 bits per heavy atom. The molecule has 176 valence electrons. The largest absolute Gasteiger partial charge is 0.493 e. The van der Waals surface area contributed by atoms with Gasteiger partial charge < -0.3 is 24.5 Å². The Labute approximate surface area is 197 Å². The second-order valence-electron chi connectivity index (χ2n) is 8.54. The molecule has 2 aliphatic rings. The zero-order chi connectivity index (χ0) is 23.7. The van der Waals surface area contributed by atoms with Gasteiger partial charge in [0, 0.05) is 55.4 Å². The molecule has 3 aromatic rings. The Bertz CT molecular complexity index is 1270. The summed E-state index contributed by atoms with van der Waals surface area (Å²) in [6, 6.07) is 11.5. The van der Waals surface area contributed by atoms with Gasteiger partial charge in [-0.2, -0.15) is 0 Å². The average molecular weight is 462 g/mol. The number of para-hydroxylation sites is 1. The number of H-pyrrole nitrogens is 1. The number of nitrogens with zero attached hydrogens (tertiary/aromatic N) is 2. The van der Waals surface area contributed by atoms with Crippen LogP contribution in [-0.4, -0.2) is 64.6 Å². The molecule has 0 aliphatic carbocycles. The van der Waals surface area contributed by atoms with Crippen LogP contribution in [0, 0.1) is 0 Å². The number of carbonyl (C=O) groups is 2. The minimum absolute atomic E-state index is 0.153. The normalized spacial score (nSPS) is 17.3. The van der Waals surface area contributed by atoms with Crippen LogP contribution in [0.4, 0.5) is 4.79 Å². The van der Waals surface area contributed by atoms with E-state index in [9.17, 15) is 14.7 Å². The highest BCUT2D eigenvalue weighted by Gasteiger charge is 2.33. The maximum Gasteiger partial charge on any atom is 0.407 e. The molecule has 0 bridgehead atoms. The van der Waals surface area contributed by atoms with Crippen molar-refractivity contribution in [2.45, 2.75) is 19.9 Å². The van der Waals surface area contributed by atoms with Gasteiger partial charge in [0.25, 0.3) is 0 Å². The van der Waals surface area contributed by atoms with E-state index >= 15 is 0 Å². The number of fused-ring (bicyclic) bond motifs is 2. The third-order valence-corrected chi connectivity index (χ3v) is 6.29. The number of hydrogen-bond donors (Lipinski definition) is 2. The Morgan fingerprint density at radius 3 is 2.74 bits per heavy atom. The number of piperazine rings is 1. The van der Waals surface area contributed by atoms with Gasteiger partial charge in [-0.15, -0.1) is 0 Å². The predicted molar refractivity (Wildman–Crippen MR) is 128 cm³/mol. The lowest BCUT2D eigenvalue weighted by atomic mass is 10.0. The first kappa shape index (κ1) is 22.0. The van der Waals surface area contributed by atoms with E-state index in [2.05, 4.69) is 9.88 Å². The smallest absolute Gasteiger partial charge is 0.407 e. The minimum atomic E-state index is -0.895. The highest BCUT2D eigenvalue weighted by atomic mass is 16.5.